The van der Waals surface area contributed by atoms with Crippen molar-refractivity contribution in [3.8, 4) is 0 Å². The van der Waals surface area contributed by atoms with E-state index in [0.29, 0.717) is 13.0 Å². The lowest BCUT2D eigenvalue weighted by molar-refractivity contribution is -0.137. The molecule has 110 valence electrons. The second-order valence-electron chi connectivity index (χ2n) is 4.32. The number of carbonyl (C=O) groups excluding carboxylic acids is 2. The number of thiophene rings is 1. The smallest absolute Gasteiger partial charge is 0.303 e. The van der Waals surface area contributed by atoms with Crippen LogP contribution in [0.3, 0.4) is 0 Å². The molecule has 7 heteroatoms. The predicted molar refractivity (Wildman–Crippen MR) is 75.4 cm³/mol. The van der Waals surface area contributed by atoms with Crippen LogP contribution in [0, 0.1) is 0 Å². The van der Waals surface area contributed by atoms with E-state index in [4.69, 9.17) is 5.11 Å². The van der Waals surface area contributed by atoms with Crippen molar-refractivity contribution >= 4 is 29.1 Å². The van der Waals surface area contributed by atoms with Crippen LogP contribution in [0.4, 0.5) is 0 Å². The van der Waals surface area contributed by atoms with Crippen molar-refractivity contribution in [2.24, 2.45) is 0 Å². The summed E-state index contributed by atoms with van der Waals surface area (Å²) in [4.78, 5) is 34.2. The standard InChI is InChI=1S/C13H18N2O4S/c1-9(16)15-10(11-4-3-7-20-11)8-12(17)14-6-2-5-13(18)19/h3-4,7,10H,2,5-6,8H2,1H3,(H,14,17)(H,15,16)(H,18,19). The number of carbonyl (C=O) groups is 3. The summed E-state index contributed by atoms with van der Waals surface area (Å²) in [6.07, 6.45) is 0.568. The highest BCUT2D eigenvalue weighted by Gasteiger charge is 2.17. The number of rotatable bonds is 8. The normalized spacial score (nSPS) is 11.7. The fraction of sp³-hybridized carbons (Fsp3) is 0.462. The Hall–Kier alpha value is -1.89. The minimum Gasteiger partial charge on any atom is -0.481 e. The first-order chi connectivity index (χ1) is 9.49. The highest BCUT2D eigenvalue weighted by Crippen LogP contribution is 2.21. The highest BCUT2D eigenvalue weighted by molar-refractivity contribution is 7.10. The molecule has 0 radical (unpaired) electrons. The lowest BCUT2D eigenvalue weighted by Gasteiger charge is -2.16. The molecular weight excluding hydrogens is 280 g/mol. The molecule has 1 atom stereocenters. The van der Waals surface area contributed by atoms with Crippen LogP contribution < -0.4 is 10.6 Å². The van der Waals surface area contributed by atoms with Crippen LogP contribution in [-0.4, -0.2) is 29.4 Å². The largest absolute Gasteiger partial charge is 0.481 e. The Labute approximate surface area is 121 Å². The monoisotopic (exact) mass is 298 g/mol. The Bertz CT molecular complexity index is 459. The van der Waals surface area contributed by atoms with E-state index < -0.39 is 5.97 Å². The van der Waals surface area contributed by atoms with Gasteiger partial charge in [0.2, 0.25) is 11.8 Å². The third kappa shape index (κ3) is 6.33. The first-order valence-electron chi connectivity index (χ1n) is 6.28. The molecule has 0 aliphatic carbocycles. The topological polar surface area (TPSA) is 95.5 Å². The zero-order chi connectivity index (χ0) is 15.0. The van der Waals surface area contributed by atoms with Crippen LogP contribution in [0.5, 0.6) is 0 Å². The van der Waals surface area contributed by atoms with E-state index in [1.807, 2.05) is 17.5 Å². The molecule has 3 N–H and O–H groups in total. The molecule has 0 aliphatic heterocycles. The van der Waals surface area contributed by atoms with E-state index in [2.05, 4.69) is 10.6 Å². The molecule has 1 aromatic rings. The van der Waals surface area contributed by atoms with E-state index in [1.165, 1.54) is 18.3 Å². The molecule has 0 fully saturated rings. The Kier molecular flexibility index (Phi) is 6.72. The van der Waals surface area contributed by atoms with Gasteiger partial charge in [0.15, 0.2) is 0 Å². The summed E-state index contributed by atoms with van der Waals surface area (Å²) >= 11 is 1.47. The first-order valence-corrected chi connectivity index (χ1v) is 7.16. The van der Waals surface area contributed by atoms with E-state index in [-0.39, 0.29) is 30.7 Å². The molecule has 0 saturated heterocycles. The number of carboxylic acids is 1. The molecule has 1 aromatic heterocycles. The van der Waals surface area contributed by atoms with Gasteiger partial charge in [-0.25, -0.2) is 0 Å². The van der Waals surface area contributed by atoms with Crippen LogP contribution in [0.15, 0.2) is 17.5 Å². The highest BCUT2D eigenvalue weighted by atomic mass is 32.1. The van der Waals surface area contributed by atoms with Gasteiger partial charge in [-0.2, -0.15) is 0 Å². The van der Waals surface area contributed by atoms with Crippen LogP contribution in [0.2, 0.25) is 0 Å². The lowest BCUT2D eigenvalue weighted by atomic mass is 10.1. The van der Waals surface area contributed by atoms with Crippen LogP contribution in [0.25, 0.3) is 0 Å². The predicted octanol–water partition coefficient (Wildman–Crippen LogP) is 1.30. The van der Waals surface area contributed by atoms with Crippen LogP contribution in [-0.2, 0) is 14.4 Å². The number of hydrogen-bond acceptors (Lipinski definition) is 4. The average molecular weight is 298 g/mol. The molecule has 0 aliphatic rings. The Morgan fingerprint density at radius 3 is 2.70 bits per heavy atom. The van der Waals surface area contributed by atoms with Crippen molar-refractivity contribution in [1.29, 1.82) is 0 Å². The summed E-state index contributed by atoms with van der Waals surface area (Å²) in [5, 5.41) is 15.8. The summed E-state index contributed by atoms with van der Waals surface area (Å²) in [6.45, 7) is 1.73. The summed E-state index contributed by atoms with van der Waals surface area (Å²) in [5.41, 5.74) is 0. The summed E-state index contributed by atoms with van der Waals surface area (Å²) in [5.74, 6) is -1.28. The van der Waals surface area contributed by atoms with Crippen LogP contribution >= 0.6 is 11.3 Å². The fourth-order valence-corrected chi connectivity index (χ4v) is 2.46. The second kappa shape index (κ2) is 8.31. The van der Waals surface area contributed by atoms with Gasteiger partial charge in [0.25, 0.3) is 0 Å². The van der Waals surface area contributed by atoms with E-state index in [9.17, 15) is 14.4 Å². The Balaban J connectivity index is 2.42. The zero-order valence-corrected chi connectivity index (χ0v) is 12.0. The molecule has 6 nitrogen and oxygen atoms in total. The minimum atomic E-state index is -0.881. The SMILES string of the molecule is CC(=O)NC(CC(=O)NCCCC(=O)O)c1cccs1. The molecule has 0 saturated carbocycles. The van der Waals surface area contributed by atoms with Gasteiger partial charge in [0.05, 0.1) is 12.5 Å². The third-order valence-electron chi connectivity index (χ3n) is 2.54. The number of carboxylic acid groups (broad SMARTS) is 1. The lowest BCUT2D eigenvalue weighted by Crippen LogP contribution is -2.32. The van der Waals surface area contributed by atoms with Gasteiger partial charge in [0.1, 0.15) is 0 Å². The maximum atomic E-state index is 11.8. The van der Waals surface area contributed by atoms with Gasteiger partial charge in [-0.3, -0.25) is 14.4 Å². The Morgan fingerprint density at radius 2 is 2.15 bits per heavy atom. The molecule has 1 heterocycles. The first kappa shape index (κ1) is 16.2. The van der Waals surface area contributed by atoms with E-state index in [0.717, 1.165) is 4.88 Å². The molecule has 1 rings (SSSR count). The maximum absolute atomic E-state index is 11.8. The molecule has 2 amide bonds. The van der Waals surface area contributed by atoms with Crippen molar-refractivity contribution in [2.45, 2.75) is 32.2 Å². The summed E-state index contributed by atoms with van der Waals surface area (Å²) in [7, 11) is 0. The fourth-order valence-electron chi connectivity index (χ4n) is 1.68. The van der Waals surface area contributed by atoms with Crippen LogP contribution in [0.1, 0.15) is 37.1 Å². The van der Waals surface area contributed by atoms with E-state index >= 15 is 0 Å². The molecule has 0 spiro atoms. The minimum absolute atomic E-state index is 0.0281. The number of amides is 2. The summed E-state index contributed by atoms with van der Waals surface area (Å²) in [6, 6.07) is 3.38. The van der Waals surface area contributed by atoms with E-state index in [1.54, 1.807) is 0 Å². The number of aliphatic carboxylic acids is 1. The maximum Gasteiger partial charge on any atom is 0.303 e. The van der Waals surface area contributed by atoms with Crippen molar-refractivity contribution in [3.05, 3.63) is 22.4 Å². The number of hydrogen-bond donors (Lipinski definition) is 3. The van der Waals surface area contributed by atoms with Gasteiger partial charge in [-0.15, -0.1) is 11.3 Å². The molecule has 1 unspecified atom stereocenters. The van der Waals surface area contributed by atoms with Gasteiger partial charge < -0.3 is 15.7 Å². The van der Waals surface area contributed by atoms with Crippen molar-refractivity contribution in [2.75, 3.05) is 6.54 Å². The van der Waals surface area contributed by atoms with Gasteiger partial charge in [-0.1, -0.05) is 6.07 Å². The number of nitrogens with one attached hydrogen (secondary N) is 2. The van der Waals surface area contributed by atoms with Crippen molar-refractivity contribution < 1.29 is 19.5 Å². The summed E-state index contributed by atoms with van der Waals surface area (Å²) < 4.78 is 0. The van der Waals surface area contributed by atoms with Gasteiger partial charge in [0, 0.05) is 24.8 Å². The average Bonchev–Trinajstić information content (AvgIpc) is 2.86. The Morgan fingerprint density at radius 1 is 1.40 bits per heavy atom. The quantitative estimate of drug-likeness (QED) is 0.630. The molecule has 0 aromatic carbocycles. The van der Waals surface area contributed by atoms with Crippen molar-refractivity contribution in [3.63, 3.8) is 0 Å². The van der Waals surface area contributed by atoms with Gasteiger partial charge >= 0.3 is 5.97 Å². The molecule has 0 bridgehead atoms. The zero-order valence-electron chi connectivity index (χ0n) is 11.2. The third-order valence-corrected chi connectivity index (χ3v) is 3.53. The second-order valence-corrected chi connectivity index (χ2v) is 5.30. The van der Waals surface area contributed by atoms with Crippen molar-refractivity contribution in [1.82, 2.24) is 10.6 Å². The molecule has 20 heavy (non-hydrogen) atoms. The molecular formula is C13H18N2O4S. The van der Waals surface area contributed by atoms with Gasteiger partial charge in [-0.05, 0) is 17.9 Å².